The third-order valence-electron chi connectivity index (χ3n) is 4.77. The van der Waals surface area contributed by atoms with Gasteiger partial charge in [0.05, 0.1) is 0 Å². The average Bonchev–Trinajstić information content (AvgIpc) is 2.30. The fourth-order valence-corrected chi connectivity index (χ4v) is 3.44. The zero-order valence-corrected chi connectivity index (χ0v) is 11.2. The van der Waals surface area contributed by atoms with Crippen LogP contribution in [-0.2, 0) is 11.2 Å². The summed E-state index contributed by atoms with van der Waals surface area (Å²) in [6.07, 6.45) is 5.50. The summed E-state index contributed by atoms with van der Waals surface area (Å²) in [5.74, 6) is -0.662. The third-order valence-corrected chi connectivity index (χ3v) is 4.77. The maximum atomic E-state index is 11.4. The predicted molar refractivity (Wildman–Crippen MR) is 74.0 cm³/mol. The molecule has 102 valence electrons. The zero-order valence-electron chi connectivity index (χ0n) is 11.2. The molecule has 3 rings (SSSR count). The lowest BCUT2D eigenvalue weighted by molar-refractivity contribution is -0.154. The molecule has 19 heavy (non-hydrogen) atoms. The molecule has 1 atom stereocenters. The van der Waals surface area contributed by atoms with Gasteiger partial charge in [-0.2, -0.15) is 0 Å². The van der Waals surface area contributed by atoms with Crippen molar-refractivity contribution in [3.8, 4) is 0 Å². The van der Waals surface area contributed by atoms with Crippen LogP contribution in [0.3, 0.4) is 0 Å². The van der Waals surface area contributed by atoms with Crippen molar-refractivity contribution in [3.63, 3.8) is 0 Å². The number of rotatable bonds is 5. The summed E-state index contributed by atoms with van der Waals surface area (Å²) in [6.45, 7) is 2.00. The lowest BCUT2D eigenvalue weighted by Gasteiger charge is -2.57. The largest absolute Gasteiger partial charge is 0.480 e. The van der Waals surface area contributed by atoms with Crippen molar-refractivity contribution in [1.82, 2.24) is 4.90 Å². The number of aryl methyl sites for hydroxylation is 1. The van der Waals surface area contributed by atoms with Crippen molar-refractivity contribution in [2.75, 3.05) is 13.1 Å². The Hall–Kier alpha value is -1.35. The molecule has 2 fully saturated rings. The van der Waals surface area contributed by atoms with E-state index >= 15 is 0 Å². The Morgan fingerprint density at radius 3 is 2.47 bits per heavy atom. The lowest BCUT2D eigenvalue weighted by Crippen LogP contribution is -2.64. The molecule has 0 aromatic heterocycles. The second-order valence-electron chi connectivity index (χ2n) is 6.14. The smallest absolute Gasteiger partial charge is 0.320 e. The fraction of sp³-hybridized carbons (Fsp3) is 0.562. The average molecular weight is 259 g/mol. The van der Waals surface area contributed by atoms with Crippen LogP contribution in [0.25, 0.3) is 0 Å². The van der Waals surface area contributed by atoms with E-state index in [9.17, 15) is 9.90 Å². The molecular formula is C16H21NO2. The Morgan fingerprint density at radius 2 is 1.95 bits per heavy atom. The van der Waals surface area contributed by atoms with Crippen LogP contribution in [0.4, 0.5) is 0 Å². The molecule has 1 aromatic rings. The normalized spacial score (nSPS) is 22.5. The van der Waals surface area contributed by atoms with Crippen LogP contribution in [0.2, 0.25) is 0 Å². The lowest BCUT2D eigenvalue weighted by atomic mass is 9.63. The number of likely N-dealkylation sites (tertiary alicyclic amines) is 1. The number of aliphatic carboxylic acids is 1. The number of nitrogens with zero attached hydrogens (tertiary/aromatic N) is 1. The Balaban J connectivity index is 1.55. The second-order valence-corrected chi connectivity index (χ2v) is 6.14. The van der Waals surface area contributed by atoms with E-state index in [1.807, 2.05) is 18.2 Å². The first-order valence-corrected chi connectivity index (χ1v) is 7.19. The molecule has 0 amide bonds. The molecule has 0 radical (unpaired) electrons. The highest BCUT2D eigenvalue weighted by molar-refractivity contribution is 5.73. The number of carboxylic acids is 1. The Kier molecular flexibility index (Phi) is 3.31. The summed E-state index contributed by atoms with van der Waals surface area (Å²) in [5, 5.41) is 9.41. The van der Waals surface area contributed by atoms with Gasteiger partial charge in [0.25, 0.3) is 0 Å². The van der Waals surface area contributed by atoms with Gasteiger partial charge in [-0.1, -0.05) is 36.8 Å². The molecule has 1 saturated heterocycles. The SMILES string of the molecule is O=C(O)C(CCc1ccccc1)N1CC2(CCC2)C1. The van der Waals surface area contributed by atoms with Gasteiger partial charge in [-0.05, 0) is 36.7 Å². The maximum Gasteiger partial charge on any atom is 0.320 e. The molecule has 1 aliphatic heterocycles. The second kappa shape index (κ2) is 4.97. The molecule has 3 nitrogen and oxygen atoms in total. The highest BCUT2D eigenvalue weighted by Gasteiger charge is 2.50. The number of hydrogen-bond acceptors (Lipinski definition) is 2. The van der Waals surface area contributed by atoms with Crippen LogP contribution in [0.5, 0.6) is 0 Å². The van der Waals surface area contributed by atoms with Gasteiger partial charge in [-0.25, -0.2) is 0 Å². The summed E-state index contributed by atoms with van der Waals surface area (Å²) in [7, 11) is 0. The topological polar surface area (TPSA) is 40.5 Å². The molecule has 2 aliphatic rings. The van der Waals surface area contributed by atoms with Crippen LogP contribution in [-0.4, -0.2) is 35.1 Å². The first-order chi connectivity index (χ1) is 9.19. The van der Waals surface area contributed by atoms with E-state index in [1.165, 1.54) is 24.8 Å². The molecule has 1 spiro atoms. The van der Waals surface area contributed by atoms with E-state index in [2.05, 4.69) is 17.0 Å². The van der Waals surface area contributed by atoms with E-state index in [4.69, 9.17) is 0 Å². The van der Waals surface area contributed by atoms with Gasteiger partial charge < -0.3 is 5.11 Å². The highest BCUT2D eigenvalue weighted by Crippen LogP contribution is 2.49. The van der Waals surface area contributed by atoms with Crippen LogP contribution >= 0.6 is 0 Å². The van der Waals surface area contributed by atoms with Gasteiger partial charge in [-0.3, -0.25) is 9.69 Å². The summed E-state index contributed by atoms with van der Waals surface area (Å²) >= 11 is 0. The molecule has 1 unspecified atom stereocenters. The van der Waals surface area contributed by atoms with Gasteiger partial charge in [0.1, 0.15) is 6.04 Å². The summed E-state index contributed by atoms with van der Waals surface area (Å²) < 4.78 is 0. The molecule has 1 saturated carbocycles. The van der Waals surface area contributed by atoms with E-state index in [1.54, 1.807) is 0 Å². The van der Waals surface area contributed by atoms with E-state index in [0.29, 0.717) is 5.41 Å². The molecule has 1 aromatic carbocycles. The van der Waals surface area contributed by atoms with Crippen LogP contribution in [0, 0.1) is 5.41 Å². The zero-order chi connectivity index (χ0) is 13.3. The number of carboxylic acid groups (broad SMARTS) is 1. The van der Waals surface area contributed by atoms with Crippen LogP contribution in [0.1, 0.15) is 31.2 Å². The molecule has 0 bridgehead atoms. The van der Waals surface area contributed by atoms with Gasteiger partial charge in [0, 0.05) is 13.1 Å². The molecule has 3 heteroatoms. The van der Waals surface area contributed by atoms with Crippen molar-refractivity contribution in [2.45, 2.75) is 38.1 Å². The van der Waals surface area contributed by atoms with Crippen LogP contribution < -0.4 is 0 Å². The maximum absolute atomic E-state index is 11.4. The molecule has 1 aliphatic carbocycles. The monoisotopic (exact) mass is 259 g/mol. The Morgan fingerprint density at radius 1 is 1.26 bits per heavy atom. The highest BCUT2D eigenvalue weighted by atomic mass is 16.4. The van der Waals surface area contributed by atoms with Gasteiger partial charge >= 0.3 is 5.97 Å². The van der Waals surface area contributed by atoms with Gasteiger partial charge in [0.2, 0.25) is 0 Å². The minimum atomic E-state index is -0.662. The summed E-state index contributed by atoms with van der Waals surface area (Å²) in [6, 6.07) is 9.86. The molecule has 1 N–H and O–H groups in total. The van der Waals surface area contributed by atoms with Crippen molar-refractivity contribution >= 4 is 5.97 Å². The van der Waals surface area contributed by atoms with E-state index < -0.39 is 5.97 Å². The first-order valence-electron chi connectivity index (χ1n) is 7.19. The quantitative estimate of drug-likeness (QED) is 0.883. The molecule has 1 heterocycles. The minimum absolute atomic E-state index is 0.300. The first kappa shape index (κ1) is 12.7. The minimum Gasteiger partial charge on any atom is -0.480 e. The Labute approximate surface area is 114 Å². The van der Waals surface area contributed by atoms with Crippen molar-refractivity contribution in [3.05, 3.63) is 35.9 Å². The summed E-state index contributed by atoms with van der Waals surface area (Å²) in [5.41, 5.74) is 1.73. The fourth-order valence-electron chi connectivity index (χ4n) is 3.44. The van der Waals surface area contributed by atoms with Crippen molar-refractivity contribution in [2.24, 2.45) is 5.41 Å². The Bertz CT molecular complexity index is 445. The van der Waals surface area contributed by atoms with Crippen molar-refractivity contribution in [1.29, 1.82) is 0 Å². The number of carbonyl (C=O) groups is 1. The molecular weight excluding hydrogens is 238 g/mol. The number of benzene rings is 1. The van der Waals surface area contributed by atoms with Crippen molar-refractivity contribution < 1.29 is 9.90 Å². The van der Waals surface area contributed by atoms with E-state index in [-0.39, 0.29) is 6.04 Å². The van der Waals surface area contributed by atoms with Crippen LogP contribution in [0.15, 0.2) is 30.3 Å². The number of hydrogen-bond donors (Lipinski definition) is 1. The third kappa shape index (κ3) is 2.52. The van der Waals surface area contributed by atoms with Gasteiger partial charge in [0.15, 0.2) is 0 Å². The summed E-state index contributed by atoms with van der Waals surface area (Å²) in [4.78, 5) is 13.6. The standard InChI is InChI=1S/C16H21NO2/c18-15(19)14(8-7-13-5-2-1-3-6-13)17-11-16(12-17)9-4-10-16/h1-3,5-6,14H,4,7-12H2,(H,18,19). The predicted octanol–water partition coefficient (Wildman–Crippen LogP) is 2.56. The van der Waals surface area contributed by atoms with E-state index in [0.717, 1.165) is 25.9 Å². The van der Waals surface area contributed by atoms with Gasteiger partial charge in [-0.15, -0.1) is 0 Å².